The molecule has 5 atom stereocenters. The SMILES string of the molecule is CC(=O)OC(C)CCCC1OC(=O)C(C)C(O)C=CCCC1O. The number of esters is 2. The normalized spacial score (nSPS) is 30.4. The third-order valence-electron chi connectivity index (χ3n) is 4.01. The summed E-state index contributed by atoms with van der Waals surface area (Å²) in [6, 6.07) is 0. The van der Waals surface area contributed by atoms with E-state index in [1.165, 1.54) is 6.92 Å². The minimum atomic E-state index is -0.873. The molecule has 6 heteroatoms. The Bertz CT molecular complexity index is 419. The van der Waals surface area contributed by atoms with Crippen LogP contribution in [0.1, 0.15) is 52.9 Å². The number of cyclic esters (lactones) is 1. The van der Waals surface area contributed by atoms with Crippen molar-refractivity contribution in [2.45, 2.75) is 77.3 Å². The molecule has 0 aliphatic carbocycles. The van der Waals surface area contributed by atoms with E-state index < -0.39 is 30.2 Å². The topological polar surface area (TPSA) is 93.1 Å². The summed E-state index contributed by atoms with van der Waals surface area (Å²) >= 11 is 0. The van der Waals surface area contributed by atoms with Crippen LogP contribution in [0.3, 0.4) is 0 Å². The molecule has 0 saturated heterocycles. The number of aliphatic hydroxyl groups excluding tert-OH is 2. The fourth-order valence-electron chi connectivity index (χ4n) is 2.53. The predicted octanol–water partition coefficient (Wildman–Crippen LogP) is 1.73. The molecule has 0 fully saturated rings. The molecule has 5 unspecified atom stereocenters. The quantitative estimate of drug-likeness (QED) is 0.590. The predicted molar refractivity (Wildman–Crippen MR) is 84.5 cm³/mol. The van der Waals surface area contributed by atoms with E-state index >= 15 is 0 Å². The van der Waals surface area contributed by atoms with Crippen LogP contribution in [0.2, 0.25) is 0 Å². The second kappa shape index (κ2) is 9.67. The van der Waals surface area contributed by atoms with Crippen molar-refractivity contribution in [1.29, 1.82) is 0 Å². The van der Waals surface area contributed by atoms with Crippen molar-refractivity contribution in [3.63, 3.8) is 0 Å². The van der Waals surface area contributed by atoms with Gasteiger partial charge in [-0.25, -0.2) is 0 Å². The van der Waals surface area contributed by atoms with Gasteiger partial charge in [0.2, 0.25) is 0 Å². The number of rotatable bonds is 5. The lowest BCUT2D eigenvalue weighted by atomic mass is 9.98. The van der Waals surface area contributed by atoms with Crippen LogP contribution in [0.4, 0.5) is 0 Å². The fraction of sp³-hybridized carbons (Fsp3) is 0.765. The molecule has 0 bridgehead atoms. The minimum Gasteiger partial charge on any atom is -0.463 e. The van der Waals surface area contributed by atoms with Crippen molar-refractivity contribution in [2.75, 3.05) is 0 Å². The number of allylic oxidation sites excluding steroid dienone is 1. The number of carbonyl (C=O) groups is 2. The molecule has 2 N–H and O–H groups in total. The Morgan fingerprint density at radius 1 is 1.48 bits per heavy atom. The Morgan fingerprint density at radius 3 is 2.83 bits per heavy atom. The Kier molecular flexibility index (Phi) is 8.26. The van der Waals surface area contributed by atoms with E-state index in [0.29, 0.717) is 32.1 Å². The third-order valence-corrected chi connectivity index (χ3v) is 4.01. The molecule has 0 spiro atoms. The molecular formula is C17H28O6. The lowest BCUT2D eigenvalue weighted by Crippen LogP contribution is -2.36. The van der Waals surface area contributed by atoms with Gasteiger partial charge in [0, 0.05) is 6.92 Å². The van der Waals surface area contributed by atoms with Gasteiger partial charge in [-0.15, -0.1) is 0 Å². The zero-order chi connectivity index (χ0) is 17.4. The second-order valence-corrected chi connectivity index (χ2v) is 6.18. The van der Waals surface area contributed by atoms with Crippen molar-refractivity contribution < 1.29 is 29.3 Å². The van der Waals surface area contributed by atoms with Crippen molar-refractivity contribution >= 4 is 11.9 Å². The van der Waals surface area contributed by atoms with Crippen molar-refractivity contribution in [3.05, 3.63) is 12.2 Å². The van der Waals surface area contributed by atoms with Gasteiger partial charge < -0.3 is 19.7 Å². The summed E-state index contributed by atoms with van der Waals surface area (Å²) in [5.41, 5.74) is 0. The van der Waals surface area contributed by atoms with Gasteiger partial charge in [0.1, 0.15) is 6.10 Å². The zero-order valence-electron chi connectivity index (χ0n) is 14.1. The number of hydrogen-bond acceptors (Lipinski definition) is 6. The van der Waals surface area contributed by atoms with Crippen LogP contribution in [-0.4, -0.2) is 46.6 Å². The van der Waals surface area contributed by atoms with Crippen LogP contribution >= 0.6 is 0 Å². The molecule has 0 saturated carbocycles. The third kappa shape index (κ3) is 7.14. The van der Waals surface area contributed by atoms with E-state index in [4.69, 9.17) is 9.47 Å². The molecule has 0 aromatic carbocycles. The Morgan fingerprint density at radius 2 is 2.17 bits per heavy atom. The number of ether oxygens (including phenoxy) is 2. The van der Waals surface area contributed by atoms with Crippen molar-refractivity contribution in [2.24, 2.45) is 5.92 Å². The van der Waals surface area contributed by atoms with Crippen LogP contribution in [0, 0.1) is 5.92 Å². The molecule has 1 heterocycles. The van der Waals surface area contributed by atoms with Crippen LogP contribution in [0.15, 0.2) is 12.2 Å². The highest BCUT2D eigenvalue weighted by atomic mass is 16.6. The van der Waals surface area contributed by atoms with Gasteiger partial charge in [-0.2, -0.15) is 0 Å². The smallest absolute Gasteiger partial charge is 0.311 e. The summed E-state index contributed by atoms with van der Waals surface area (Å²) in [6.07, 6.45) is 3.80. The molecular weight excluding hydrogens is 300 g/mol. The van der Waals surface area contributed by atoms with E-state index in [0.717, 1.165) is 0 Å². The summed E-state index contributed by atoms with van der Waals surface area (Å²) in [6.45, 7) is 4.77. The van der Waals surface area contributed by atoms with Crippen molar-refractivity contribution in [1.82, 2.24) is 0 Å². The van der Waals surface area contributed by atoms with Gasteiger partial charge in [-0.05, 0) is 46.0 Å². The first-order valence-corrected chi connectivity index (χ1v) is 8.21. The maximum atomic E-state index is 12.0. The molecule has 132 valence electrons. The molecule has 6 nitrogen and oxygen atoms in total. The van der Waals surface area contributed by atoms with Gasteiger partial charge >= 0.3 is 11.9 Å². The summed E-state index contributed by atoms with van der Waals surface area (Å²) in [5.74, 6) is -1.50. The fourth-order valence-corrected chi connectivity index (χ4v) is 2.53. The highest BCUT2D eigenvalue weighted by molar-refractivity contribution is 5.73. The molecule has 0 radical (unpaired) electrons. The Hall–Kier alpha value is -1.40. The van der Waals surface area contributed by atoms with Crippen molar-refractivity contribution in [3.8, 4) is 0 Å². The van der Waals surface area contributed by atoms with E-state index in [9.17, 15) is 19.8 Å². The van der Waals surface area contributed by atoms with E-state index in [-0.39, 0.29) is 12.1 Å². The largest absolute Gasteiger partial charge is 0.463 e. The van der Waals surface area contributed by atoms with Gasteiger partial charge in [0.25, 0.3) is 0 Å². The van der Waals surface area contributed by atoms with E-state index in [1.807, 2.05) is 0 Å². The summed E-state index contributed by atoms with van der Waals surface area (Å²) in [5, 5.41) is 20.1. The van der Waals surface area contributed by atoms with Crippen LogP contribution in [0.25, 0.3) is 0 Å². The molecule has 1 aliphatic rings. The minimum absolute atomic E-state index is 0.205. The monoisotopic (exact) mass is 328 g/mol. The standard InChI is InChI=1S/C17H28O6/c1-11(22-13(3)18)7-6-10-16-15(20)9-5-4-8-14(19)12(2)17(21)23-16/h4,8,11-12,14-16,19-20H,5-7,9-10H2,1-3H3. The van der Waals surface area contributed by atoms with E-state index in [1.54, 1.807) is 26.0 Å². The Labute approximate surface area is 137 Å². The lowest BCUT2D eigenvalue weighted by Gasteiger charge is -2.26. The molecule has 1 rings (SSSR count). The maximum Gasteiger partial charge on any atom is 0.311 e. The number of carbonyl (C=O) groups excluding carboxylic acids is 2. The highest BCUT2D eigenvalue weighted by Gasteiger charge is 2.29. The Balaban J connectivity index is 2.58. The number of hydrogen-bond donors (Lipinski definition) is 2. The van der Waals surface area contributed by atoms with Gasteiger partial charge in [-0.3, -0.25) is 9.59 Å². The summed E-state index contributed by atoms with van der Waals surface area (Å²) in [7, 11) is 0. The van der Waals surface area contributed by atoms with Gasteiger partial charge in [-0.1, -0.05) is 12.2 Å². The molecule has 23 heavy (non-hydrogen) atoms. The van der Waals surface area contributed by atoms with Crippen LogP contribution in [0.5, 0.6) is 0 Å². The molecule has 0 amide bonds. The number of aliphatic hydroxyl groups is 2. The molecule has 0 aromatic rings. The summed E-state index contributed by atoms with van der Waals surface area (Å²) < 4.78 is 10.4. The summed E-state index contributed by atoms with van der Waals surface area (Å²) in [4.78, 5) is 22.9. The highest BCUT2D eigenvalue weighted by Crippen LogP contribution is 2.20. The van der Waals surface area contributed by atoms with Crippen LogP contribution in [-0.2, 0) is 19.1 Å². The maximum absolute atomic E-state index is 12.0. The first-order valence-electron chi connectivity index (χ1n) is 8.21. The van der Waals surface area contributed by atoms with Gasteiger partial charge in [0.05, 0.1) is 24.2 Å². The van der Waals surface area contributed by atoms with E-state index in [2.05, 4.69) is 0 Å². The molecule has 0 aromatic heterocycles. The zero-order valence-corrected chi connectivity index (χ0v) is 14.1. The first-order chi connectivity index (χ1) is 10.8. The second-order valence-electron chi connectivity index (χ2n) is 6.18. The lowest BCUT2D eigenvalue weighted by molar-refractivity contribution is -0.163. The average Bonchev–Trinajstić information content (AvgIpc) is 2.47. The molecule has 1 aliphatic heterocycles. The average molecular weight is 328 g/mol. The van der Waals surface area contributed by atoms with Crippen LogP contribution < -0.4 is 0 Å². The van der Waals surface area contributed by atoms with Gasteiger partial charge in [0.15, 0.2) is 0 Å². The first kappa shape index (κ1) is 19.6.